The Kier molecular flexibility index (Phi) is 5.02. The van der Waals surface area contributed by atoms with Crippen LogP contribution in [0.25, 0.3) is 27.8 Å². The van der Waals surface area contributed by atoms with E-state index >= 15 is 0 Å². The van der Waals surface area contributed by atoms with Crippen LogP contribution in [0.4, 0.5) is 10.1 Å². The molecule has 0 saturated heterocycles. The summed E-state index contributed by atoms with van der Waals surface area (Å²) in [7, 11) is 0. The maximum absolute atomic E-state index is 13.6. The minimum Gasteiger partial charge on any atom is -0.477 e. The first kappa shape index (κ1) is 20.3. The second-order valence-corrected chi connectivity index (χ2v) is 7.58. The van der Waals surface area contributed by atoms with Crippen molar-refractivity contribution >= 4 is 28.8 Å². The van der Waals surface area contributed by atoms with E-state index in [9.17, 15) is 14.3 Å². The van der Waals surface area contributed by atoms with Crippen molar-refractivity contribution < 1.29 is 14.3 Å². The van der Waals surface area contributed by atoms with Crippen LogP contribution in [0.2, 0.25) is 0 Å². The number of aromatic carboxylic acids is 1. The first-order chi connectivity index (χ1) is 14.8. The van der Waals surface area contributed by atoms with Crippen molar-refractivity contribution in [2.45, 2.75) is 19.8 Å². The minimum atomic E-state index is -1.11. The Bertz CT molecular complexity index is 1320. The van der Waals surface area contributed by atoms with E-state index in [1.165, 1.54) is 24.4 Å². The fourth-order valence-electron chi connectivity index (χ4n) is 3.89. The van der Waals surface area contributed by atoms with Gasteiger partial charge in [0, 0.05) is 39.8 Å². The molecule has 31 heavy (non-hydrogen) atoms. The van der Waals surface area contributed by atoms with Gasteiger partial charge in [0.15, 0.2) is 0 Å². The molecule has 0 amide bonds. The van der Waals surface area contributed by atoms with Gasteiger partial charge in [0.2, 0.25) is 0 Å². The monoisotopic (exact) mass is 416 g/mol. The fourth-order valence-corrected chi connectivity index (χ4v) is 3.89. The number of carbonyl (C=O) groups is 1. The Hall–Kier alpha value is -4.00. The Morgan fingerprint density at radius 2 is 1.90 bits per heavy atom. The number of nitrogens with zero attached hydrogens (tertiary/aromatic N) is 2. The molecule has 0 fully saturated rings. The summed E-state index contributed by atoms with van der Waals surface area (Å²) in [5.74, 6) is -1.43. The van der Waals surface area contributed by atoms with Gasteiger partial charge in [0.05, 0.1) is 11.2 Å². The molecule has 0 aliphatic carbocycles. The highest BCUT2D eigenvalue weighted by Gasteiger charge is 2.24. The minimum absolute atomic E-state index is 0.0207. The first-order valence-electron chi connectivity index (χ1n) is 9.76. The summed E-state index contributed by atoms with van der Waals surface area (Å²) in [6, 6.07) is 14.6. The van der Waals surface area contributed by atoms with E-state index in [-0.39, 0.29) is 17.4 Å². The number of benzene rings is 2. The summed E-state index contributed by atoms with van der Waals surface area (Å²) in [4.78, 5) is 15.9. The van der Waals surface area contributed by atoms with Crippen LogP contribution in [-0.2, 0) is 0 Å². The van der Waals surface area contributed by atoms with Gasteiger partial charge in [-0.2, -0.15) is 0 Å². The summed E-state index contributed by atoms with van der Waals surface area (Å²) < 4.78 is 15.6. The quantitative estimate of drug-likeness (QED) is 0.306. The number of carboxylic acid groups (broad SMARTS) is 1. The van der Waals surface area contributed by atoms with Gasteiger partial charge in [-0.3, -0.25) is 0 Å². The summed E-state index contributed by atoms with van der Waals surface area (Å²) in [6.07, 6.45) is 1.19. The zero-order valence-electron chi connectivity index (χ0n) is 17.1. The van der Waals surface area contributed by atoms with Gasteiger partial charge in [-0.05, 0) is 54.4 Å². The molecular formula is C24H21FN4O2. The lowest BCUT2D eigenvalue weighted by molar-refractivity contribution is 0.0690. The average Bonchev–Trinajstić information content (AvgIpc) is 3.08. The molecule has 156 valence electrons. The number of hydrogen-bond donors (Lipinski definition) is 3. The number of carboxylic acids is 1. The molecule has 0 atom stereocenters. The van der Waals surface area contributed by atoms with Gasteiger partial charge in [-0.1, -0.05) is 19.9 Å². The molecular weight excluding hydrogens is 395 g/mol. The number of anilines is 1. The van der Waals surface area contributed by atoms with Crippen LogP contribution in [-0.4, -0.2) is 26.8 Å². The number of nitrogens with two attached hydrogens (primary N) is 1. The Labute approximate surface area is 178 Å². The molecule has 2 aromatic carbocycles. The molecule has 4 aromatic rings. The SMILES string of the molecule is CC(C)c1c(-c2cccc(C(=O)O)n2)c2cc(N)c(C=N)cc2n1-c1ccc(F)cc1. The Balaban J connectivity index is 2.17. The van der Waals surface area contributed by atoms with Crippen LogP contribution in [0.1, 0.15) is 41.5 Å². The van der Waals surface area contributed by atoms with Crippen molar-refractivity contribution in [3.8, 4) is 16.9 Å². The predicted molar refractivity (Wildman–Crippen MR) is 120 cm³/mol. The van der Waals surface area contributed by atoms with Crippen molar-refractivity contribution in [3.05, 3.63) is 77.4 Å². The van der Waals surface area contributed by atoms with E-state index in [1.807, 2.05) is 24.5 Å². The van der Waals surface area contributed by atoms with E-state index in [0.29, 0.717) is 16.9 Å². The number of nitrogens with one attached hydrogen (secondary N) is 1. The molecule has 6 nitrogen and oxygen atoms in total. The maximum Gasteiger partial charge on any atom is 0.354 e. The van der Waals surface area contributed by atoms with E-state index in [1.54, 1.807) is 30.3 Å². The van der Waals surface area contributed by atoms with Crippen molar-refractivity contribution in [1.29, 1.82) is 5.41 Å². The molecule has 0 radical (unpaired) electrons. The lowest BCUT2D eigenvalue weighted by Crippen LogP contribution is -2.05. The second kappa shape index (κ2) is 7.68. The molecule has 0 bridgehead atoms. The maximum atomic E-state index is 13.6. The summed E-state index contributed by atoms with van der Waals surface area (Å²) in [5.41, 5.74) is 10.8. The van der Waals surface area contributed by atoms with Crippen LogP contribution in [0.15, 0.2) is 54.6 Å². The van der Waals surface area contributed by atoms with Crippen LogP contribution in [0, 0.1) is 11.2 Å². The number of hydrogen-bond acceptors (Lipinski definition) is 4. The lowest BCUT2D eigenvalue weighted by atomic mass is 9.99. The number of rotatable bonds is 5. The molecule has 4 N–H and O–H groups in total. The van der Waals surface area contributed by atoms with Crippen molar-refractivity contribution in [2.24, 2.45) is 0 Å². The highest BCUT2D eigenvalue weighted by Crippen LogP contribution is 2.41. The largest absolute Gasteiger partial charge is 0.477 e. The Morgan fingerprint density at radius 3 is 2.52 bits per heavy atom. The molecule has 4 rings (SSSR count). The molecule has 0 aliphatic rings. The smallest absolute Gasteiger partial charge is 0.354 e. The van der Waals surface area contributed by atoms with E-state index in [4.69, 9.17) is 11.1 Å². The highest BCUT2D eigenvalue weighted by atomic mass is 19.1. The summed E-state index contributed by atoms with van der Waals surface area (Å²) in [6.45, 7) is 4.05. The molecule has 2 aromatic heterocycles. The summed E-state index contributed by atoms with van der Waals surface area (Å²) >= 11 is 0. The van der Waals surface area contributed by atoms with Crippen LogP contribution < -0.4 is 5.73 Å². The van der Waals surface area contributed by atoms with Crippen LogP contribution >= 0.6 is 0 Å². The number of nitrogen functional groups attached to an aromatic ring is 1. The molecule has 0 unspecified atom stereocenters. The van der Waals surface area contributed by atoms with Gasteiger partial charge < -0.3 is 20.8 Å². The highest BCUT2D eigenvalue weighted by molar-refractivity contribution is 6.04. The molecule has 7 heteroatoms. The van der Waals surface area contributed by atoms with Gasteiger partial charge in [-0.15, -0.1) is 0 Å². The summed E-state index contributed by atoms with van der Waals surface area (Å²) in [5, 5.41) is 17.9. The molecule has 2 heterocycles. The van der Waals surface area contributed by atoms with E-state index in [0.717, 1.165) is 27.8 Å². The van der Waals surface area contributed by atoms with Gasteiger partial charge in [0.1, 0.15) is 11.5 Å². The number of pyridine rings is 1. The number of halogens is 1. The zero-order chi connectivity index (χ0) is 22.3. The normalized spacial score (nSPS) is 11.2. The predicted octanol–water partition coefficient (Wildman–Crippen LogP) is 5.23. The standard InChI is InChI=1S/C24H21FN4O2/c1-13(2)23-22(19-4-3-5-20(28-19)24(30)31)17-11-18(27)14(12-26)10-21(17)29(23)16-8-6-15(25)7-9-16/h3-13,26H,27H2,1-2H3,(H,30,31). The Morgan fingerprint density at radius 1 is 1.19 bits per heavy atom. The van der Waals surface area contributed by atoms with Crippen molar-refractivity contribution in [1.82, 2.24) is 9.55 Å². The zero-order valence-corrected chi connectivity index (χ0v) is 17.1. The molecule has 0 saturated carbocycles. The first-order valence-corrected chi connectivity index (χ1v) is 9.76. The van der Waals surface area contributed by atoms with Crippen molar-refractivity contribution in [2.75, 3.05) is 5.73 Å². The lowest BCUT2D eigenvalue weighted by Gasteiger charge is -2.15. The van der Waals surface area contributed by atoms with Gasteiger partial charge >= 0.3 is 5.97 Å². The number of fused-ring (bicyclic) bond motifs is 1. The second-order valence-electron chi connectivity index (χ2n) is 7.58. The van der Waals surface area contributed by atoms with E-state index < -0.39 is 5.97 Å². The van der Waals surface area contributed by atoms with E-state index in [2.05, 4.69) is 4.98 Å². The average molecular weight is 416 g/mol. The van der Waals surface area contributed by atoms with Crippen LogP contribution in [0.5, 0.6) is 0 Å². The fraction of sp³-hybridized carbons (Fsp3) is 0.125. The third-order valence-corrected chi connectivity index (χ3v) is 5.22. The molecule has 0 spiro atoms. The third kappa shape index (κ3) is 3.44. The number of aromatic nitrogens is 2. The van der Waals surface area contributed by atoms with Gasteiger partial charge in [0.25, 0.3) is 0 Å². The molecule has 0 aliphatic heterocycles. The van der Waals surface area contributed by atoms with Gasteiger partial charge in [-0.25, -0.2) is 14.2 Å². The van der Waals surface area contributed by atoms with Crippen molar-refractivity contribution in [3.63, 3.8) is 0 Å². The third-order valence-electron chi connectivity index (χ3n) is 5.22. The topological polar surface area (TPSA) is 105 Å². The van der Waals surface area contributed by atoms with Crippen LogP contribution in [0.3, 0.4) is 0 Å².